The molecule has 3 N–H and O–H groups in total. The topological polar surface area (TPSA) is 109 Å². The summed E-state index contributed by atoms with van der Waals surface area (Å²) in [6.07, 6.45) is 0. The molecule has 2 amide bonds. The van der Waals surface area contributed by atoms with E-state index in [1.807, 2.05) is 12.1 Å². The molecule has 0 atom stereocenters. The van der Waals surface area contributed by atoms with Crippen molar-refractivity contribution in [2.75, 3.05) is 38.3 Å². The number of H-pyrrole nitrogens is 1. The second-order valence-corrected chi connectivity index (χ2v) is 7.53. The molecule has 0 aliphatic carbocycles. The van der Waals surface area contributed by atoms with Crippen LogP contribution in [0.3, 0.4) is 0 Å². The Labute approximate surface area is 171 Å². The number of amides is 2. The average molecular weight is 415 g/mol. The van der Waals surface area contributed by atoms with Gasteiger partial charge in [-0.3, -0.25) is 20.4 Å². The molecule has 10 heteroatoms. The number of nitrogens with zero attached hydrogens (tertiary/aromatic N) is 2. The van der Waals surface area contributed by atoms with E-state index in [-0.39, 0.29) is 0 Å². The number of morpholine rings is 1. The van der Waals surface area contributed by atoms with Gasteiger partial charge in [-0.25, -0.2) is 4.98 Å². The van der Waals surface area contributed by atoms with Crippen LogP contribution < -0.4 is 20.5 Å². The Morgan fingerprint density at radius 2 is 1.97 bits per heavy atom. The number of hydrogen-bond acceptors (Lipinski definition) is 7. The van der Waals surface area contributed by atoms with Gasteiger partial charge in [-0.1, -0.05) is 11.3 Å². The molecule has 3 aromatic rings. The number of nitrogens with one attached hydrogen (secondary N) is 3. The van der Waals surface area contributed by atoms with Crippen molar-refractivity contribution >= 4 is 39.2 Å². The molecule has 0 spiro atoms. The van der Waals surface area contributed by atoms with E-state index >= 15 is 0 Å². The number of fused-ring (bicyclic) bond motifs is 1. The zero-order valence-corrected chi connectivity index (χ0v) is 16.9. The third-order valence-corrected chi connectivity index (χ3v) is 5.85. The molecular formula is C19H21N5O4S. The third-order valence-electron chi connectivity index (χ3n) is 4.64. The first-order valence-electron chi connectivity index (χ1n) is 9.12. The number of ether oxygens (including phenoxy) is 2. The maximum absolute atomic E-state index is 12.5. The smallest absolute Gasteiger partial charge is 0.286 e. The van der Waals surface area contributed by atoms with E-state index < -0.39 is 11.8 Å². The van der Waals surface area contributed by atoms with Gasteiger partial charge in [0.05, 0.1) is 26.0 Å². The summed E-state index contributed by atoms with van der Waals surface area (Å²) in [7, 11) is 1.59. The number of rotatable bonds is 4. The van der Waals surface area contributed by atoms with Crippen LogP contribution in [0.5, 0.6) is 5.75 Å². The van der Waals surface area contributed by atoms with Gasteiger partial charge in [0.15, 0.2) is 5.13 Å². The van der Waals surface area contributed by atoms with Crippen LogP contribution in [0.1, 0.15) is 25.9 Å². The van der Waals surface area contributed by atoms with Crippen LogP contribution in [0.15, 0.2) is 24.3 Å². The fourth-order valence-corrected chi connectivity index (χ4v) is 4.09. The van der Waals surface area contributed by atoms with Gasteiger partial charge in [0.2, 0.25) is 0 Å². The van der Waals surface area contributed by atoms with Crippen molar-refractivity contribution in [2.24, 2.45) is 0 Å². The zero-order valence-electron chi connectivity index (χ0n) is 16.1. The van der Waals surface area contributed by atoms with Gasteiger partial charge in [0.1, 0.15) is 16.3 Å². The molecule has 152 valence electrons. The normalized spacial score (nSPS) is 14.1. The molecule has 1 aromatic carbocycles. The fourth-order valence-electron chi connectivity index (χ4n) is 3.08. The number of methoxy groups -OCH3 is 1. The van der Waals surface area contributed by atoms with E-state index in [0.29, 0.717) is 35.2 Å². The van der Waals surface area contributed by atoms with E-state index in [1.165, 1.54) is 11.3 Å². The molecular weight excluding hydrogens is 394 g/mol. The Balaban J connectivity index is 1.41. The predicted octanol–water partition coefficient (Wildman–Crippen LogP) is 1.85. The number of benzene rings is 1. The van der Waals surface area contributed by atoms with E-state index in [4.69, 9.17) is 9.47 Å². The van der Waals surface area contributed by atoms with Gasteiger partial charge < -0.3 is 19.4 Å². The van der Waals surface area contributed by atoms with Gasteiger partial charge in [-0.15, -0.1) is 0 Å². The summed E-state index contributed by atoms with van der Waals surface area (Å²) in [5, 5.41) is 1.63. The third kappa shape index (κ3) is 4.03. The molecule has 2 aromatic heterocycles. The molecule has 0 bridgehead atoms. The van der Waals surface area contributed by atoms with Crippen LogP contribution in [0.25, 0.3) is 10.9 Å². The molecule has 0 unspecified atom stereocenters. The van der Waals surface area contributed by atoms with Gasteiger partial charge in [-0.05, 0) is 31.2 Å². The number of anilines is 1. The maximum atomic E-state index is 12.5. The Bertz CT molecular complexity index is 1050. The lowest BCUT2D eigenvalue weighted by Crippen LogP contribution is -2.41. The van der Waals surface area contributed by atoms with Gasteiger partial charge in [0.25, 0.3) is 11.8 Å². The molecule has 29 heavy (non-hydrogen) atoms. The van der Waals surface area contributed by atoms with Crippen molar-refractivity contribution in [1.82, 2.24) is 20.8 Å². The highest BCUT2D eigenvalue weighted by Gasteiger charge is 2.21. The minimum atomic E-state index is -0.441. The highest BCUT2D eigenvalue weighted by Crippen LogP contribution is 2.26. The minimum Gasteiger partial charge on any atom is -0.497 e. The Kier molecular flexibility index (Phi) is 5.36. The molecule has 0 saturated carbocycles. The number of carbonyl (C=O) groups excluding carboxylic acids is 2. The highest BCUT2D eigenvalue weighted by atomic mass is 32.1. The first kappa shape index (κ1) is 19.2. The standard InChI is InChI=1S/C19H21N5O4S/c1-11-16(29-19(20-11)24-5-7-28-8-6-24)18(26)23-22-17(25)15-10-12-9-13(27-2)3-4-14(12)21-15/h3-4,9-10,21H,5-8H2,1-2H3,(H,22,25)(H,23,26). The van der Waals surface area contributed by atoms with E-state index in [0.717, 1.165) is 29.1 Å². The van der Waals surface area contributed by atoms with E-state index in [1.54, 1.807) is 26.2 Å². The van der Waals surface area contributed by atoms with Crippen molar-refractivity contribution in [1.29, 1.82) is 0 Å². The Morgan fingerprint density at radius 1 is 1.21 bits per heavy atom. The van der Waals surface area contributed by atoms with Gasteiger partial charge in [-0.2, -0.15) is 0 Å². The van der Waals surface area contributed by atoms with Gasteiger partial charge >= 0.3 is 0 Å². The monoisotopic (exact) mass is 415 g/mol. The van der Waals surface area contributed by atoms with Crippen LogP contribution in [0, 0.1) is 6.92 Å². The number of thiazole rings is 1. The molecule has 1 fully saturated rings. The minimum absolute atomic E-state index is 0.337. The summed E-state index contributed by atoms with van der Waals surface area (Å²) in [5.41, 5.74) is 6.68. The second-order valence-electron chi connectivity index (χ2n) is 6.55. The number of hydrazine groups is 1. The lowest BCUT2D eigenvalue weighted by molar-refractivity contribution is 0.0846. The number of aromatic nitrogens is 2. The predicted molar refractivity (Wildman–Crippen MR) is 110 cm³/mol. The van der Waals surface area contributed by atoms with Crippen LogP contribution in [0.2, 0.25) is 0 Å². The number of hydrogen-bond donors (Lipinski definition) is 3. The van der Waals surface area contributed by atoms with Crippen molar-refractivity contribution < 1.29 is 19.1 Å². The molecule has 3 heterocycles. The highest BCUT2D eigenvalue weighted by molar-refractivity contribution is 7.17. The van der Waals surface area contributed by atoms with E-state index in [9.17, 15) is 9.59 Å². The van der Waals surface area contributed by atoms with Crippen LogP contribution in [-0.4, -0.2) is 55.2 Å². The van der Waals surface area contributed by atoms with Crippen molar-refractivity contribution in [3.63, 3.8) is 0 Å². The fraction of sp³-hybridized carbons (Fsp3) is 0.316. The molecule has 1 saturated heterocycles. The summed E-state index contributed by atoms with van der Waals surface area (Å²) in [4.78, 5) is 35.0. The van der Waals surface area contributed by atoms with Gasteiger partial charge in [0, 0.05) is 24.0 Å². The zero-order chi connectivity index (χ0) is 20.4. The molecule has 4 rings (SSSR count). The first-order valence-corrected chi connectivity index (χ1v) is 9.94. The van der Waals surface area contributed by atoms with E-state index in [2.05, 4.69) is 25.7 Å². The van der Waals surface area contributed by atoms with Crippen LogP contribution in [0.4, 0.5) is 5.13 Å². The lowest BCUT2D eigenvalue weighted by Gasteiger charge is -2.25. The molecule has 1 aliphatic rings. The number of aromatic amines is 1. The Morgan fingerprint density at radius 3 is 2.72 bits per heavy atom. The second kappa shape index (κ2) is 8.10. The van der Waals surface area contributed by atoms with Crippen LogP contribution in [-0.2, 0) is 4.74 Å². The molecule has 1 aliphatic heterocycles. The summed E-state index contributed by atoms with van der Waals surface area (Å²) in [5.74, 6) is -0.136. The summed E-state index contributed by atoms with van der Waals surface area (Å²) in [6, 6.07) is 7.17. The van der Waals surface area contributed by atoms with Crippen LogP contribution >= 0.6 is 11.3 Å². The molecule has 9 nitrogen and oxygen atoms in total. The summed E-state index contributed by atoms with van der Waals surface area (Å²) >= 11 is 1.30. The number of aryl methyl sites for hydroxylation is 1. The van der Waals surface area contributed by atoms with Crippen molar-refractivity contribution in [3.8, 4) is 5.75 Å². The summed E-state index contributed by atoms with van der Waals surface area (Å²) < 4.78 is 10.5. The Hall–Kier alpha value is -3.11. The quantitative estimate of drug-likeness (QED) is 0.561. The number of carbonyl (C=O) groups is 2. The molecule has 0 radical (unpaired) electrons. The van der Waals surface area contributed by atoms with Crippen molar-refractivity contribution in [2.45, 2.75) is 6.92 Å². The lowest BCUT2D eigenvalue weighted by atomic mass is 10.2. The average Bonchev–Trinajstić information content (AvgIpc) is 3.35. The van der Waals surface area contributed by atoms with Crippen molar-refractivity contribution in [3.05, 3.63) is 40.5 Å². The first-order chi connectivity index (χ1) is 14.0. The largest absolute Gasteiger partial charge is 0.497 e. The summed E-state index contributed by atoms with van der Waals surface area (Å²) in [6.45, 7) is 4.56. The maximum Gasteiger partial charge on any atom is 0.286 e. The SMILES string of the molecule is COc1ccc2[nH]c(C(=O)NNC(=O)c3sc(N4CCOCC4)nc3C)cc2c1.